The number of rotatable bonds is 3. The van der Waals surface area contributed by atoms with Crippen molar-refractivity contribution in [2.24, 2.45) is 0 Å². The van der Waals surface area contributed by atoms with Gasteiger partial charge in [0.2, 0.25) is 5.28 Å². The van der Waals surface area contributed by atoms with Crippen molar-refractivity contribution < 1.29 is 9.53 Å². The molecular formula is C12H10Cl2N4O2. The molecule has 0 aliphatic rings. The van der Waals surface area contributed by atoms with Gasteiger partial charge in [0.05, 0.1) is 12.7 Å². The van der Waals surface area contributed by atoms with Gasteiger partial charge < -0.3 is 15.8 Å². The van der Waals surface area contributed by atoms with Crippen LogP contribution in [-0.2, 0) is 0 Å². The van der Waals surface area contributed by atoms with Crippen LogP contribution in [0.1, 0.15) is 10.4 Å². The number of aromatic nitrogens is 2. The number of hydrogen-bond acceptors (Lipinski definition) is 5. The molecule has 0 aliphatic heterocycles. The summed E-state index contributed by atoms with van der Waals surface area (Å²) in [6, 6.07) is 6.08. The van der Waals surface area contributed by atoms with Crippen LogP contribution in [0.5, 0.6) is 5.75 Å². The molecule has 0 atom stereocenters. The summed E-state index contributed by atoms with van der Waals surface area (Å²) in [5.74, 6) is 0.125. The van der Waals surface area contributed by atoms with Crippen LogP contribution in [0.25, 0.3) is 0 Å². The summed E-state index contributed by atoms with van der Waals surface area (Å²) in [4.78, 5) is 19.7. The monoisotopic (exact) mass is 312 g/mol. The van der Waals surface area contributed by atoms with E-state index in [2.05, 4.69) is 15.3 Å². The molecule has 3 N–H and O–H groups in total. The lowest BCUT2D eigenvalue weighted by molar-refractivity contribution is 0.102. The zero-order chi connectivity index (χ0) is 14.7. The van der Waals surface area contributed by atoms with E-state index >= 15 is 0 Å². The highest BCUT2D eigenvalue weighted by Crippen LogP contribution is 2.23. The van der Waals surface area contributed by atoms with Gasteiger partial charge in [-0.1, -0.05) is 11.6 Å². The molecule has 0 aliphatic carbocycles. The van der Waals surface area contributed by atoms with E-state index in [0.717, 1.165) is 0 Å². The fourth-order valence-corrected chi connectivity index (χ4v) is 1.94. The number of carbonyl (C=O) groups is 1. The number of ether oxygens (including phenoxy) is 1. The summed E-state index contributed by atoms with van der Waals surface area (Å²) in [6.45, 7) is 0. The van der Waals surface area contributed by atoms with Crippen molar-refractivity contribution in [2.45, 2.75) is 0 Å². The Balaban J connectivity index is 2.28. The Morgan fingerprint density at radius 3 is 2.70 bits per heavy atom. The van der Waals surface area contributed by atoms with Crippen LogP contribution in [0.3, 0.4) is 0 Å². The summed E-state index contributed by atoms with van der Waals surface area (Å²) in [5.41, 5.74) is 6.43. The number of hydrogen-bond donors (Lipinski definition) is 2. The fraction of sp³-hybridized carbons (Fsp3) is 0.0833. The van der Waals surface area contributed by atoms with E-state index in [9.17, 15) is 4.79 Å². The summed E-state index contributed by atoms with van der Waals surface area (Å²) in [6.07, 6.45) is 0. The van der Waals surface area contributed by atoms with Crippen LogP contribution in [-0.4, -0.2) is 23.0 Å². The number of amides is 1. The SMILES string of the molecule is COc1cc(N)ccc1C(=O)Nc1cc(Cl)nc(Cl)n1. The molecule has 1 aromatic heterocycles. The van der Waals surface area contributed by atoms with E-state index in [1.54, 1.807) is 18.2 Å². The third-order valence-electron chi connectivity index (χ3n) is 2.38. The molecule has 2 rings (SSSR count). The highest BCUT2D eigenvalue weighted by atomic mass is 35.5. The van der Waals surface area contributed by atoms with Crippen LogP contribution in [0, 0.1) is 0 Å². The molecule has 1 aromatic carbocycles. The van der Waals surface area contributed by atoms with Gasteiger partial charge in [0.15, 0.2) is 0 Å². The third-order valence-corrected chi connectivity index (χ3v) is 2.74. The van der Waals surface area contributed by atoms with Crippen molar-refractivity contribution in [3.8, 4) is 5.75 Å². The van der Waals surface area contributed by atoms with Gasteiger partial charge in [0, 0.05) is 17.8 Å². The average Bonchev–Trinajstić information content (AvgIpc) is 2.37. The number of nitrogens with one attached hydrogen (secondary N) is 1. The molecule has 1 amide bonds. The molecule has 0 bridgehead atoms. The van der Waals surface area contributed by atoms with Gasteiger partial charge in [-0.05, 0) is 23.7 Å². The molecule has 0 saturated heterocycles. The quantitative estimate of drug-likeness (QED) is 0.516. The second-order valence-corrected chi connectivity index (χ2v) is 4.48. The minimum Gasteiger partial charge on any atom is -0.496 e. The molecule has 0 spiro atoms. The zero-order valence-corrected chi connectivity index (χ0v) is 11.9. The first-order valence-electron chi connectivity index (χ1n) is 5.44. The number of anilines is 2. The lowest BCUT2D eigenvalue weighted by Gasteiger charge is -2.09. The Bertz CT molecular complexity index is 644. The Kier molecular flexibility index (Phi) is 4.26. The van der Waals surface area contributed by atoms with Gasteiger partial charge >= 0.3 is 0 Å². The molecule has 0 fully saturated rings. The van der Waals surface area contributed by atoms with Crippen molar-refractivity contribution in [2.75, 3.05) is 18.2 Å². The maximum Gasteiger partial charge on any atom is 0.260 e. The van der Waals surface area contributed by atoms with Crippen molar-refractivity contribution in [3.63, 3.8) is 0 Å². The summed E-state index contributed by atoms with van der Waals surface area (Å²) in [5, 5.41) is 2.63. The third kappa shape index (κ3) is 3.28. The Morgan fingerprint density at radius 1 is 1.30 bits per heavy atom. The Morgan fingerprint density at radius 2 is 2.05 bits per heavy atom. The van der Waals surface area contributed by atoms with Crippen molar-refractivity contribution in [1.29, 1.82) is 0 Å². The number of benzene rings is 1. The molecule has 104 valence electrons. The van der Waals surface area contributed by atoms with E-state index < -0.39 is 5.91 Å². The number of nitrogens with two attached hydrogens (primary N) is 1. The normalized spacial score (nSPS) is 10.2. The summed E-state index contributed by atoms with van der Waals surface area (Å²) in [7, 11) is 1.45. The van der Waals surface area contributed by atoms with Crippen LogP contribution in [0.2, 0.25) is 10.4 Å². The van der Waals surface area contributed by atoms with E-state index in [1.807, 2.05) is 0 Å². The van der Waals surface area contributed by atoms with Crippen LogP contribution in [0.4, 0.5) is 11.5 Å². The van der Waals surface area contributed by atoms with Gasteiger partial charge in [-0.2, -0.15) is 0 Å². The number of methoxy groups -OCH3 is 1. The topological polar surface area (TPSA) is 90.1 Å². The largest absolute Gasteiger partial charge is 0.496 e. The minimum absolute atomic E-state index is 0.0583. The number of halogens is 2. The molecule has 8 heteroatoms. The van der Waals surface area contributed by atoms with Crippen molar-refractivity contribution in [1.82, 2.24) is 9.97 Å². The second kappa shape index (κ2) is 5.94. The second-order valence-electron chi connectivity index (χ2n) is 3.76. The highest BCUT2D eigenvalue weighted by Gasteiger charge is 2.14. The number of nitrogen functional groups attached to an aromatic ring is 1. The average molecular weight is 313 g/mol. The first-order valence-corrected chi connectivity index (χ1v) is 6.20. The molecular weight excluding hydrogens is 303 g/mol. The Hall–Kier alpha value is -2.05. The Labute approximate surface area is 124 Å². The fourth-order valence-electron chi connectivity index (χ4n) is 1.53. The highest BCUT2D eigenvalue weighted by molar-refractivity contribution is 6.32. The van der Waals surface area contributed by atoms with Gasteiger partial charge in [0.25, 0.3) is 5.91 Å². The molecule has 1 heterocycles. The maximum atomic E-state index is 12.1. The van der Waals surface area contributed by atoms with Gasteiger partial charge in [0.1, 0.15) is 16.7 Å². The minimum atomic E-state index is -0.423. The standard InChI is InChI=1S/C12H10Cl2N4O2/c1-20-8-4-6(15)2-3-7(8)11(19)17-10-5-9(13)16-12(14)18-10/h2-5H,15H2,1H3,(H,16,17,18,19). The maximum absolute atomic E-state index is 12.1. The summed E-state index contributed by atoms with van der Waals surface area (Å²) >= 11 is 11.4. The van der Waals surface area contributed by atoms with Crippen molar-refractivity contribution >= 4 is 40.6 Å². The van der Waals surface area contributed by atoms with Gasteiger partial charge in [-0.15, -0.1) is 0 Å². The lowest BCUT2D eigenvalue weighted by Crippen LogP contribution is -2.14. The van der Waals surface area contributed by atoms with E-state index in [1.165, 1.54) is 13.2 Å². The van der Waals surface area contributed by atoms with Crippen molar-refractivity contribution in [3.05, 3.63) is 40.3 Å². The lowest BCUT2D eigenvalue weighted by atomic mass is 10.1. The molecule has 20 heavy (non-hydrogen) atoms. The van der Waals surface area contributed by atoms with Gasteiger partial charge in [-0.25, -0.2) is 9.97 Å². The zero-order valence-electron chi connectivity index (χ0n) is 10.4. The first kappa shape index (κ1) is 14.4. The predicted octanol–water partition coefficient (Wildman–Crippen LogP) is 2.63. The van der Waals surface area contributed by atoms with Crippen LogP contribution < -0.4 is 15.8 Å². The molecule has 2 aromatic rings. The molecule has 6 nitrogen and oxygen atoms in total. The smallest absolute Gasteiger partial charge is 0.260 e. The first-order chi connectivity index (χ1) is 9.49. The van der Waals surface area contributed by atoms with Crippen LogP contribution >= 0.6 is 23.2 Å². The number of carbonyl (C=O) groups excluding carboxylic acids is 1. The number of nitrogens with zero attached hydrogens (tertiary/aromatic N) is 2. The summed E-state index contributed by atoms with van der Waals surface area (Å²) < 4.78 is 5.11. The molecule has 0 unspecified atom stereocenters. The van der Waals surface area contributed by atoms with E-state index in [-0.39, 0.29) is 16.3 Å². The van der Waals surface area contributed by atoms with Crippen LogP contribution in [0.15, 0.2) is 24.3 Å². The van der Waals surface area contributed by atoms with E-state index in [4.69, 9.17) is 33.7 Å². The van der Waals surface area contributed by atoms with E-state index in [0.29, 0.717) is 17.0 Å². The van der Waals surface area contributed by atoms with Gasteiger partial charge in [-0.3, -0.25) is 4.79 Å². The molecule has 0 saturated carbocycles. The molecule has 0 radical (unpaired) electrons. The predicted molar refractivity (Wildman–Crippen MR) is 77.4 cm³/mol.